The van der Waals surface area contributed by atoms with Crippen molar-refractivity contribution in [2.75, 3.05) is 7.11 Å². The van der Waals surface area contributed by atoms with Crippen LogP contribution in [-0.4, -0.2) is 13.0 Å². The Morgan fingerprint density at radius 3 is 2.17 bits per heavy atom. The number of methoxy groups -OCH3 is 1. The summed E-state index contributed by atoms with van der Waals surface area (Å²) in [6, 6.07) is 3.84. The highest BCUT2D eigenvalue weighted by Gasteiger charge is 2.14. The van der Waals surface area contributed by atoms with Crippen LogP contribution in [0.1, 0.15) is 86.2 Å². The zero-order chi connectivity index (χ0) is 17.8. The zero-order valence-corrected chi connectivity index (χ0v) is 15.6. The van der Waals surface area contributed by atoms with E-state index in [1.807, 2.05) is 12.1 Å². The minimum absolute atomic E-state index is 0.305. The zero-order valence-electron chi connectivity index (χ0n) is 15.6. The van der Waals surface area contributed by atoms with Crippen molar-refractivity contribution in [2.45, 2.75) is 78.1 Å². The van der Waals surface area contributed by atoms with Crippen molar-refractivity contribution in [3.05, 3.63) is 28.8 Å². The summed E-state index contributed by atoms with van der Waals surface area (Å²) in [5.74, 6) is 5.53. The number of hydrogen-bond donors (Lipinski definition) is 2. The van der Waals surface area contributed by atoms with Gasteiger partial charge in [-0.1, -0.05) is 58.3 Å². The molecule has 1 aromatic carbocycles. The van der Waals surface area contributed by atoms with Crippen LogP contribution >= 0.6 is 0 Å². The number of carbonyl (C=O) groups excluding carboxylic acids is 1. The van der Waals surface area contributed by atoms with Crippen LogP contribution in [0.25, 0.3) is 0 Å². The molecule has 0 bridgehead atoms. The fourth-order valence-electron chi connectivity index (χ4n) is 3.05. The summed E-state index contributed by atoms with van der Waals surface area (Å²) in [4.78, 5) is 11.9. The highest BCUT2D eigenvalue weighted by molar-refractivity contribution is 5.96. The fourth-order valence-corrected chi connectivity index (χ4v) is 3.05. The molecule has 3 N–H and O–H groups in total. The van der Waals surface area contributed by atoms with E-state index in [2.05, 4.69) is 19.3 Å². The summed E-state index contributed by atoms with van der Waals surface area (Å²) in [7, 11) is 1.57. The maximum atomic E-state index is 11.9. The van der Waals surface area contributed by atoms with E-state index >= 15 is 0 Å². The molecule has 0 fully saturated rings. The van der Waals surface area contributed by atoms with Gasteiger partial charge in [0.1, 0.15) is 5.75 Å². The number of aryl methyl sites for hydroxylation is 2. The molecule has 136 valence electrons. The molecule has 1 rings (SSSR count). The van der Waals surface area contributed by atoms with E-state index in [0.717, 1.165) is 12.8 Å². The monoisotopic (exact) mass is 334 g/mol. The molecular weight excluding hydrogens is 300 g/mol. The molecule has 0 aliphatic rings. The fraction of sp³-hybridized carbons (Fsp3) is 0.650. The van der Waals surface area contributed by atoms with Crippen molar-refractivity contribution in [1.29, 1.82) is 0 Å². The molecule has 4 heteroatoms. The Balaban J connectivity index is 2.41. The number of carbonyl (C=O) groups is 1. The number of nitrogen functional groups attached to an aromatic ring is 1. The molecule has 0 spiro atoms. The first-order chi connectivity index (χ1) is 11.6. The van der Waals surface area contributed by atoms with Crippen molar-refractivity contribution in [1.82, 2.24) is 5.43 Å². The highest BCUT2D eigenvalue weighted by atomic mass is 16.5. The number of nitrogens with two attached hydrogens (primary N) is 1. The summed E-state index contributed by atoms with van der Waals surface area (Å²) in [5, 5.41) is 0. The van der Waals surface area contributed by atoms with Gasteiger partial charge in [0.2, 0.25) is 0 Å². The Kier molecular flexibility index (Phi) is 10.2. The van der Waals surface area contributed by atoms with Gasteiger partial charge in [0, 0.05) is 0 Å². The maximum Gasteiger partial charge on any atom is 0.268 e. The molecule has 4 nitrogen and oxygen atoms in total. The number of nitrogens with one attached hydrogen (secondary N) is 1. The minimum Gasteiger partial charge on any atom is -0.496 e. The molecule has 1 aromatic rings. The maximum absolute atomic E-state index is 11.9. The number of amides is 1. The van der Waals surface area contributed by atoms with Gasteiger partial charge in [-0.15, -0.1) is 0 Å². The molecule has 0 aromatic heterocycles. The van der Waals surface area contributed by atoms with Crippen molar-refractivity contribution in [3.8, 4) is 5.75 Å². The van der Waals surface area contributed by atoms with Gasteiger partial charge in [-0.25, -0.2) is 5.84 Å². The van der Waals surface area contributed by atoms with Crippen molar-refractivity contribution < 1.29 is 9.53 Å². The molecule has 0 unspecified atom stereocenters. The van der Waals surface area contributed by atoms with Gasteiger partial charge in [-0.3, -0.25) is 10.2 Å². The van der Waals surface area contributed by atoms with E-state index in [-0.39, 0.29) is 5.91 Å². The SMILES string of the molecule is CCCCCCCCCCCc1cc(C(=O)NN)c(OC)cc1C. The van der Waals surface area contributed by atoms with E-state index in [1.54, 1.807) is 7.11 Å². The average Bonchev–Trinajstić information content (AvgIpc) is 2.60. The van der Waals surface area contributed by atoms with Crippen molar-refractivity contribution >= 4 is 5.91 Å². The van der Waals surface area contributed by atoms with Gasteiger partial charge in [0.25, 0.3) is 5.91 Å². The predicted octanol–water partition coefficient (Wildman–Crippen LogP) is 4.68. The highest BCUT2D eigenvalue weighted by Crippen LogP contribution is 2.25. The smallest absolute Gasteiger partial charge is 0.268 e. The van der Waals surface area contributed by atoms with Crippen LogP contribution in [-0.2, 0) is 6.42 Å². The standard InChI is InChI=1S/C20H34N2O2/c1-4-5-6-7-8-9-10-11-12-13-17-15-18(20(23)22-21)19(24-3)14-16(17)2/h14-15H,4-13,21H2,1-3H3,(H,22,23). The predicted molar refractivity (Wildman–Crippen MR) is 100 cm³/mol. The lowest BCUT2D eigenvalue weighted by Gasteiger charge is -2.13. The van der Waals surface area contributed by atoms with Crippen LogP contribution in [0.3, 0.4) is 0 Å². The Bertz CT molecular complexity index is 501. The Morgan fingerprint density at radius 1 is 1.04 bits per heavy atom. The first kappa shape index (κ1) is 20.5. The van der Waals surface area contributed by atoms with Gasteiger partial charge in [-0.2, -0.15) is 0 Å². The topological polar surface area (TPSA) is 64.4 Å². The Hall–Kier alpha value is -1.55. The van der Waals surface area contributed by atoms with Crippen LogP contribution < -0.4 is 16.0 Å². The molecule has 0 heterocycles. The second kappa shape index (κ2) is 11.9. The van der Waals surface area contributed by atoms with Crippen molar-refractivity contribution in [2.24, 2.45) is 5.84 Å². The van der Waals surface area contributed by atoms with E-state index in [9.17, 15) is 4.79 Å². The third kappa shape index (κ3) is 6.91. The number of hydrogen-bond acceptors (Lipinski definition) is 3. The molecule has 1 amide bonds. The van der Waals surface area contributed by atoms with E-state index in [0.29, 0.717) is 11.3 Å². The molecular formula is C20H34N2O2. The molecule has 24 heavy (non-hydrogen) atoms. The van der Waals surface area contributed by atoms with Crippen LogP contribution in [0.5, 0.6) is 5.75 Å². The summed E-state index contributed by atoms with van der Waals surface area (Å²) >= 11 is 0. The van der Waals surface area contributed by atoms with Gasteiger partial charge >= 0.3 is 0 Å². The van der Waals surface area contributed by atoms with Crippen LogP contribution in [0, 0.1) is 6.92 Å². The number of hydrazine groups is 1. The van der Waals surface area contributed by atoms with Gasteiger partial charge < -0.3 is 4.74 Å². The summed E-state index contributed by atoms with van der Waals surface area (Å²) in [6.07, 6.45) is 12.9. The number of benzene rings is 1. The van der Waals surface area contributed by atoms with E-state index in [1.165, 1.54) is 62.5 Å². The Morgan fingerprint density at radius 2 is 1.62 bits per heavy atom. The second-order valence-electron chi connectivity index (χ2n) is 6.53. The molecule has 0 saturated carbocycles. The lowest BCUT2D eigenvalue weighted by atomic mass is 9.97. The van der Waals surface area contributed by atoms with Crippen LogP contribution in [0.2, 0.25) is 0 Å². The van der Waals surface area contributed by atoms with Crippen LogP contribution in [0.4, 0.5) is 0 Å². The molecule has 0 atom stereocenters. The minimum atomic E-state index is -0.305. The molecule has 0 aliphatic heterocycles. The molecule has 0 radical (unpaired) electrons. The normalized spacial score (nSPS) is 10.7. The second-order valence-corrected chi connectivity index (χ2v) is 6.53. The van der Waals surface area contributed by atoms with Gasteiger partial charge in [0.05, 0.1) is 12.7 Å². The molecule has 0 aliphatic carbocycles. The number of rotatable bonds is 12. The van der Waals surface area contributed by atoms with Crippen molar-refractivity contribution in [3.63, 3.8) is 0 Å². The first-order valence-corrected chi connectivity index (χ1v) is 9.32. The number of ether oxygens (including phenoxy) is 1. The lowest BCUT2D eigenvalue weighted by molar-refractivity contribution is 0.0950. The third-order valence-corrected chi connectivity index (χ3v) is 4.58. The summed E-state index contributed by atoms with van der Waals surface area (Å²) < 4.78 is 5.29. The number of unbranched alkanes of at least 4 members (excludes halogenated alkanes) is 8. The molecule has 0 saturated heterocycles. The largest absolute Gasteiger partial charge is 0.496 e. The average molecular weight is 335 g/mol. The van der Waals surface area contributed by atoms with E-state index < -0.39 is 0 Å². The van der Waals surface area contributed by atoms with Crippen LogP contribution in [0.15, 0.2) is 12.1 Å². The summed E-state index contributed by atoms with van der Waals surface area (Å²) in [5.41, 5.74) is 5.07. The quantitative estimate of drug-likeness (QED) is 0.252. The Labute approximate surface area is 147 Å². The van der Waals surface area contributed by atoms with Gasteiger partial charge in [-0.05, 0) is 43.0 Å². The first-order valence-electron chi connectivity index (χ1n) is 9.32. The van der Waals surface area contributed by atoms with E-state index in [4.69, 9.17) is 10.6 Å². The lowest BCUT2D eigenvalue weighted by Crippen LogP contribution is -2.30. The van der Waals surface area contributed by atoms with Gasteiger partial charge in [0.15, 0.2) is 0 Å². The third-order valence-electron chi connectivity index (χ3n) is 4.58. The summed E-state index contributed by atoms with van der Waals surface area (Å²) in [6.45, 7) is 4.32.